The fraction of sp³-hybridized carbons (Fsp3) is 0.875. The van der Waals surface area contributed by atoms with Crippen molar-refractivity contribution < 1.29 is 9.53 Å². The van der Waals surface area contributed by atoms with E-state index < -0.39 is 5.43 Å². The third-order valence-electron chi connectivity index (χ3n) is 2.41. The van der Waals surface area contributed by atoms with E-state index in [1.165, 1.54) is 19.3 Å². The number of hydrogen-bond acceptors (Lipinski definition) is 2. The van der Waals surface area contributed by atoms with Gasteiger partial charge < -0.3 is 4.74 Å². The minimum atomic E-state index is -0.684. The van der Waals surface area contributed by atoms with Gasteiger partial charge in [-0.25, -0.2) is 4.79 Å². The molecule has 1 saturated carbocycles. The van der Waals surface area contributed by atoms with Crippen molar-refractivity contribution in [3.63, 3.8) is 0 Å². The van der Waals surface area contributed by atoms with E-state index in [0.29, 0.717) is 12.5 Å². The maximum absolute atomic E-state index is 10.2. The molecule has 3 heteroatoms. The smallest absolute Gasteiger partial charge is 0.403 e. The van der Waals surface area contributed by atoms with Gasteiger partial charge >= 0.3 is 5.43 Å². The molecule has 0 bridgehead atoms. The summed E-state index contributed by atoms with van der Waals surface area (Å²) in [7, 11) is 0. The quantitative estimate of drug-likeness (QED) is 0.619. The van der Waals surface area contributed by atoms with Crippen LogP contribution in [0.25, 0.3) is 0 Å². The highest BCUT2D eigenvalue weighted by atomic mass is 35.5. The Bertz CT molecular complexity index is 143. The average molecular weight is 177 g/mol. The van der Waals surface area contributed by atoms with E-state index in [1.807, 2.05) is 0 Å². The molecule has 0 aromatic carbocycles. The number of halogens is 1. The van der Waals surface area contributed by atoms with Crippen LogP contribution in [0.4, 0.5) is 4.79 Å². The summed E-state index contributed by atoms with van der Waals surface area (Å²) >= 11 is 5.03. The molecule has 0 spiro atoms. The summed E-state index contributed by atoms with van der Waals surface area (Å²) in [6.07, 6.45) is 3.88. The van der Waals surface area contributed by atoms with Crippen LogP contribution in [0.5, 0.6) is 0 Å². The van der Waals surface area contributed by atoms with Crippen LogP contribution in [0, 0.1) is 11.8 Å². The molecule has 0 amide bonds. The van der Waals surface area contributed by atoms with Crippen molar-refractivity contribution >= 4 is 17.0 Å². The van der Waals surface area contributed by atoms with Gasteiger partial charge in [0.1, 0.15) is 0 Å². The molecule has 0 N–H and O–H groups in total. The van der Waals surface area contributed by atoms with Gasteiger partial charge in [0.15, 0.2) is 0 Å². The molecule has 0 radical (unpaired) electrons. The van der Waals surface area contributed by atoms with Crippen LogP contribution in [0.1, 0.15) is 26.2 Å². The molecule has 1 rings (SSSR count). The van der Waals surface area contributed by atoms with Crippen LogP contribution in [-0.2, 0) is 4.74 Å². The molecule has 11 heavy (non-hydrogen) atoms. The molecule has 1 unspecified atom stereocenters. The number of carbonyl (C=O) groups is 1. The van der Waals surface area contributed by atoms with Crippen LogP contribution >= 0.6 is 11.6 Å². The van der Waals surface area contributed by atoms with Crippen LogP contribution in [0.3, 0.4) is 0 Å². The second-order valence-corrected chi connectivity index (χ2v) is 3.53. The molecule has 1 fully saturated rings. The Morgan fingerprint density at radius 3 is 2.73 bits per heavy atom. The first-order chi connectivity index (χ1) is 5.20. The summed E-state index contributed by atoms with van der Waals surface area (Å²) in [6.45, 7) is 2.58. The Hall–Kier alpha value is -0.240. The molecule has 1 aliphatic carbocycles. The zero-order valence-electron chi connectivity index (χ0n) is 6.68. The van der Waals surface area contributed by atoms with Crippen LogP contribution in [0.15, 0.2) is 0 Å². The molecular weight excluding hydrogens is 164 g/mol. The zero-order valence-corrected chi connectivity index (χ0v) is 7.43. The van der Waals surface area contributed by atoms with Crippen molar-refractivity contribution in [1.82, 2.24) is 0 Å². The summed E-state index contributed by atoms with van der Waals surface area (Å²) in [5, 5.41) is 0. The van der Waals surface area contributed by atoms with E-state index in [4.69, 9.17) is 11.6 Å². The van der Waals surface area contributed by atoms with Gasteiger partial charge in [-0.05, 0) is 11.8 Å². The van der Waals surface area contributed by atoms with Crippen LogP contribution in [0.2, 0.25) is 0 Å². The van der Waals surface area contributed by atoms with E-state index in [-0.39, 0.29) is 0 Å². The van der Waals surface area contributed by atoms with E-state index in [2.05, 4.69) is 11.7 Å². The van der Waals surface area contributed by atoms with Crippen molar-refractivity contribution in [2.24, 2.45) is 11.8 Å². The van der Waals surface area contributed by atoms with Crippen molar-refractivity contribution in [3.8, 4) is 0 Å². The van der Waals surface area contributed by atoms with Crippen LogP contribution < -0.4 is 0 Å². The van der Waals surface area contributed by atoms with E-state index in [9.17, 15) is 4.79 Å². The molecule has 2 nitrogen and oxygen atoms in total. The van der Waals surface area contributed by atoms with E-state index in [0.717, 1.165) is 5.92 Å². The standard InChI is InChI=1S/C8H13ClO2/c1-6(5-11-8(9)10)7-3-2-4-7/h6-7H,2-5H2,1H3. The summed E-state index contributed by atoms with van der Waals surface area (Å²) in [5.74, 6) is 1.23. The molecule has 0 aromatic rings. The van der Waals surface area contributed by atoms with E-state index in [1.54, 1.807) is 0 Å². The van der Waals surface area contributed by atoms with Crippen LogP contribution in [-0.4, -0.2) is 12.0 Å². The normalized spacial score (nSPS) is 20.5. The minimum Gasteiger partial charge on any atom is -0.453 e. The molecule has 0 aromatic heterocycles. The highest BCUT2D eigenvalue weighted by molar-refractivity contribution is 6.61. The lowest BCUT2D eigenvalue weighted by Gasteiger charge is -2.30. The number of rotatable bonds is 3. The lowest BCUT2D eigenvalue weighted by molar-refractivity contribution is 0.112. The second-order valence-electron chi connectivity index (χ2n) is 3.22. The van der Waals surface area contributed by atoms with Gasteiger partial charge in [0, 0.05) is 11.6 Å². The summed E-state index contributed by atoms with van der Waals surface area (Å²) < 4.78 is 4.69. The van der Waals surface area contributed by atoms with Crippen molar-refractivity contribution in [2.45, 2.75) is 26.2 Å². The minimum absolute atomic E-state index is 0.478. The first-order valence-electron chi connectivity index (χ1n) is 4.02. The zero-order chi connectivity index (χ0) is 8.27. The second kappa shape index (κ2) is 3.96. The summed E-state index contributed by atoms with van der Waals surface area (Å²) in [4.78, 5) is 10.2. The lowest BCUT2D eigenvalue weighted by Crippen LogP contribution is -2.23. The van der Waals surface area contributed by atoms with Crippen molar-refractivity contribution in [1.29, 1.82) is 0 Å². The Kier molecular flexibility index (Phi) is 3.18. The average Bonchev–Trinajstić information content (AvgIpc) is 1.79. The Labute approximate surface area is 71.9 Å². The third-order valence-corrected chi connectivity index (χ3v) is 2.52. The van der Waals surface area contributed by atoms with E-state index >= 15 is 0 Å². The Morgan fingerprint density at radius 2 is 2.36 bits per heavy atom. The number of carbonyl (C=O) groups excluding carboxylic acids is 1. The van der Waals surface area contributed by atoms with Gasteiger partial charge in [-0.15, -0.1) is 0 Å². The summed E-state index contributed by atoms with van der Waals surface area (Å²) in [5.41, 5.74) is -0.684. The third kappa shape index (κ3) is 2.70. The topological polar surface area (TPSA) is 26.3 Å². The monoisotopic (exact) mass is 176 g/mol. The predicted molar refractivity (Wildman–Crippen MR) is 43.7 cm³/mol. The predicted octanol–water partition coefficient (Wildman–Crippen LogP) is 2.80. The van der Waals surface area contributed by atoms with Gasteiger partial charge in [0.05, 0.1) is 6.61 Å². The number of ether oxygens (including phenoxy) is 1. The SMILES string of the molecule is CC(COC(=O)Cl)C1CCC1. The molecule has 1 aliphatic rings. The van der Waals surface area contributed by atoms with Gasteiger partial charge in [-0.3, -0.25) is 0 Å². The first kappa shape index (κ1) is 8.85. The van der Waals surface area contributed by atoms with Gasteiger partial charge in [0.2, 0.25) is 0 Å². The molecule has 1 atom stereocenters. The van der Waals surface area contributed by atoms with Crippen molar-refractivity contribution in [2.75, 3.05) is 6.61 Å². The fourth-order valence-corrected chi connectivity index (χ4v) is 1.40. The molecule has 0 saturated heterocycles. The van der Waals surface area contributed by atoms with Gasteiger partial charge in [-0.2, -0.15) is 0 Å². The highest BCUT2D eigenvalue weighted by Crippen LogP contribution is 2.33. The largest absolute Gasteiger partial charge is 0.453 e. The van der Waals surface area contributed by atoms with Gasteiger partial charge in [-0.1, -0.05) is 26.2 Å². The Morgan fingerprint density at radius 1 is 1.73 bits per heavy atom. The Balaban J connectivity index is 2.09. The molecule has 0 aliphatic heterocycles. The lowest BCUT2D eigenvalue weighted by atomic mass is 9.77. The molecule has 64 valence electrons. The number of hydrogen-bond donors (Lipinski definition) is 0. The molecule has 0 heterocycles. The van der Waals surface area contributed by atoms with Crippen molar-refractivity contribution in [3.05, 3.63) is 0 Å². The first-order valence-corrected chi connectivity index (χ1v) is 4.40. The molecular formula is C8H13ClO2. The maximum atomic E-state index is 10.2. The van der Waals surface area contributed by atoms with Gasteiger partial charge in [0.25, 0.3) is 0 Å². The highest BCUT2D eigenvalue weighted by Gasteiger charge is 2.24. The maximum Gasteiger partial charge on any atom is 0.403 e. The summed E-state index contributed by atoms with van der Waals surface area (Å²) in [6, 6.07) is 0. The fourth-order valence-electron chi connectivity index (χ4n) is 1.34.